The van der Waals surface area contributed by atoms with E-state index in [-0.39, 0.29) is 0 Å². The van der Waals surface area contributed by atoms with Crippen LogP contribution in [0.4, 0.5) is 0 Å². The van der Waals surface area contributed by atoms with Crippen molar-refractivity contribution in [3.63, 3.8) is 0 Å². The molecule has 0 aromatic heterocycles. The van der Waals surface area contributed by atoms with E-state index in [1.807, 2.05) is 37.4 Å². The van der Waals surface area contributed by atoms with Crippen LogP contribution in [0.3, 0.4) is 0 Å². The van der Waals surface area contributed by atoms with Gasteiger partial charge in [0, 0.05) is 23.2 Å². The predicted molar refractivity (Wildman–Crippen MR) is 82.8 cm³/mol. The van der Waals surface area contributed by atoms with Gasteiger partial charge in [0.05, 0.1) is 14.2 Å². The van der Waals surface area contributed by atoms with Crippen molar-refractivity contribution in [2.24, 2.45) is 0 Å². The summed E-state index contributed by atoms with van der Waals surface area (Å²) < 4.78 is 10.6. The highest BCUT2D eigenvalue weighted by atomic mass is 35.5. The highest BCUT2D eigenvalue weighted by Crippen LogP contribution is 2.34. The summed E-state index contributed by atoms with van der Waals surface area (Å²) in [5.74, 6) is 1.49. The zero-order valence-electron chi connectivity index (χ0n) is 11.9. The van der Waals surface area contributed by atoms with Crippen LogP contribution in [0.5, 0.6) is 11.5 Å². The Labute approximate surface area is 124 Å². The van der Waals surface area contributed by atoms with Crippen molar-refractivity contribution in [1.82, 2.24) is 5.32 Å². The van der Waals surface area contributed by atoms with Crippen LogP contribution in [0.2, 0.25) is 5.02 Å². The summed E-state index contributed by atoms with van der Waals surface area (Å²) in [5, 5.41) is 3.82. The van der Waals surface area contributed by atoms with Crippen molar-refractivity contribution < 1.29 is 9.47 Å². The van der Waals surface area contributed by atoms with Gasteiger partial charge in [-0.15, -0.1) is 0 Å². The number of ether oxygens (including phenoxy) is 2. The van der Waals surface area contributed by atoms with Gasteiger partial charge in [-0.3, -0.25) is 0 Å². The third-order valence-electron chi connectivity index (χ3n) is 3.08. The first-order valence-corrected chi connectivity index (χ1v) is 6.72. The second-order valence-electron chi connectivity index (χ2n) is 4.45. The van der Waals surface area contributed by atoms with E-state index in [4.69, 9.17) is 21.1 Å². The van der Waals surface area contributed by atoms with Crippen molar-refractivity contribution in [1.29, 1.82) is 0 Å². The SMILES string of the molecule is CNCc1ccc(-c2cc(OC)cc(OC)c2)c(Cl)c1. The summed E-state index contributed by atoms with van der Waals surface area (Å²) in [5.41, 5.74) is 3.09. The minimum absolute atomic E-state index is 0.716. The van der Waals surface area contributed by atoms with E-state index in [1.54, 1.807) is 14.2 Å². The lowest BCUT2D eigenvalue weighted by molar-refractivity contribution is 0.394. The molecule has 2 aromatic rings. The van der Waals surface area contributed by atoms with Gasteiger partial charge in [-0.1, -0.05) is 23.7 Å². The fourth-order valence-corrected chi connectivity index (χ4v) is 2.38. The van der Waals surface area contributed by atoms with Gasteiger partial charge in [0.15, 0.2) is 0 Å². The van der Waals surface area contributed by atoms with Crippen LogP contribution in [-0.4, -0.2) is 21.3 Å². The Hall–Kier alpha value is -1.71. The van der Waals surface area contributed by atoms with Crippen molar-refractivity contribution in [2.75, 3.05) is 21.3 Å². The Kier molecular flexibility index (Phi) is 4.88. The lowest BCUT2D eigenvalue weighted by Gasteiger charge is -2.11. The van der Waals surface area contributed by atoms with Gasteiger partial charge in [-0.25, -0.2) is 0 Å². The average molecular weight is 292 g/mol. The molecule has 2 aromatic carbocycles. The van der Waals surface area contributed by atoms with Crippen LogP contribution in [-0.2, 0) is 6.54 Å². The van der Waals surface area contributed by atoms with Gasteiger partial charge in [-0.05, 0) is 36.4 Å². The molecule has 0 aliphatic carbocycles. The van der Waals surface area contributed by atoms with Crippen LogP contribution >= 0.6 is 11.6 Å². The zero-order valence-corrected chi connectivity index (χ0v) is 12.6. The number of methoxy groups -OCH3 is 2. The molecule has 1 N–H and O–H groups in total. The fourth-order valence-electron chi connectivity index (χ4n) is 2.07. The van der Waals surface area contributed by atoms with Crippen molar-refractivity contribution in [3.8, 4) is 22.6 Å². The summed E-state index contributed by atoms with van der Waals surface area (Å²) in [6, 6.07) is 11.8. The number of rotatable bonds is 5. The maximum absolute atomic E-state index is 6.38. The standard InChI is InChI=1S/C16H18ClNO2/c1-18-10-11-4-5-15(16(17)6-11)12-7-13(19-2)9-14(8-12)20-3/h4-9,18H,10H2,1-3H3. The van der Waals surface area contributed by atoms with Crippen LogP contribution in [0.15, 0.2) is 36.4 Å². The summed E-state index contributed by atoms with van der Waals surface area (Å²) in [6.45, 7) is 0.793. The lowest BCUT2D eigenvalue weighted by atomic mass is 10.0. The van der Waals surface area contributed by atoms with Crippen molar-refractivity contribution >= 4 is 11.6 Å². The Morgan fingerprint density at radius 1 is 1.00 bits per heavy atom. The predicted octanol–water partition coefficient (Wildman–Crippen LogP) is 3.74. The molecule has 0 saturated heterocycles. The quantitative estimate of drug-likeness (QED) is 0.910. The molecule has 20 heavy (non-hydrogen) atoms. The largest absolute Gasteiger partial charge is 0.497 e. The van der Waals surface area contributed by atoms with Gasteiger partial charge in [0.1, 0.15) is 11.5 Å². The molecule has 0 aliphatic heterocycles. The Balaban J connectivity index is 2.45. The van der Waals surface area contributed by atoms with Gasteiger partial charge < -0.3 is 14.8 Å². The third kappa shape index (κ3) is 3.24. The van der Waals surface area contributed by atoms with E-state index < -0.39 is 0 Å². The van der Waals surface area contributed by atoms with E-state index in [0.717, 1.165) is 34.7 Å². The first-order valence-electron chi connectivity index (χ1n) is 6.34. The van der Waals surface area contributed by atoms with Crippen LogP contribution in [0.1, 0.15) is 5.56 Å². The Morgan fingerprint density at radius 3 is 2.15 bits per heavy atom. The Morgan fingerprint density at radius 2 is 1.65 bits per heavy atom. The minimum Gasteiger partial charge on any atom is -0.497 e. The first-order chi connectivity index (χ1) is 9.67. The molecule has 0 spiro atoms. The molecule has 0 amide bonds. The van der Waals surface area contributed by atoms with Gasteiger partial charge in [-0.2, -0.15) is 0 Å². The number of hydrogen-bond donors (Lipinski definition) is 1. The molecule has 106 valence electrons. The van der Waals surface area contributed by atoms with E-state index in [2.05, 4.69) is 11.4 Å². The maximum Gasteiger partial charge on any atom is 0.123 e. The maximum atomic E-state index is 6.38. The van der Waals surface area contributed by atoms with E-state index in [1.165, 1.54) is 0 Å². The monoisotopic (exact) mass is 291 g/mol. The van der Waals surface area contributed by atoms with Crippen molar-refractivity contribution in [3.05, 3.63) is 47.0 Å². The topological polar surface area (TPSA) is 30.5 Å². The summed E-state index contributed by atoms with van der Waals surface area (Å²) >= 11 is 6.38. The summed E-state index contributed by atoms with van der Waals surface area (Å²) in [4.78, 5) is 0. The molecule has 0 radical (unpaired) electrons. The number of halogens is 1. The third-order valence-corrected chi connectivity index (χ3v) is 3.39. The van der Waals surface area contributed by atoms with E-state index in [9.17, 15) is 0 Å². The molecule has 0 atom stereocenters. The van der Waals surface area contributed by atoms with Crippen LogP contribution < -0.4 is 14.8 Å². The summed E-state index contributed by atoms with van der Waals surface area (Å²) in [7, 11) is 5.18. The van der Waals surface area contributed by atoms with E-state index in [0.29, 0.717) is 5.02 Å². The van der Waals surface area contributed by atoms with Gasteiger partial charge in [0.25, 0.3) is 0 Å². The molecule has 0 aliphatic rings. The van der Waals surface area contributed by atoms with Gasteiger partial charge >= 0.3 is 0 Å². The smallest absolute Gasteiger partial charge is 0.123 e. The van der Waals surface area contributed by atoms with Crippen LogP contribution in [0.25, 0.3) is 11.1 Å². The van der Waals surface area contributed by atoms with E-state index >= 15 is 0 Å². The second-order valence-corrected chi connectivity index (χ2v) is 4.85. The number of nitrogens with one attached hydrogen (secondary N) is 1. The lowest BCUT2D eigenvalue weighted by Crippen LogP contribution is -2.04. The molecular formula is C16H18ClNO2. The average Bonchev–Trinajstić information content (AvgIpc) is 2.47. The molecule has 0 fully saturated rings. The fraction of sp³-hybridized carbons (Fsp3) is 0.250. The molecule has 3 nitrogen and oxygen atoms in total. The minimum atomic E-state index is 0.716. The summed E-state index contributed by atoms with van der Waals surface area (Å²) in [6.07, 6.45) is 0. The molecule has 0 bridgehead atoms. The molecule has 0 unspecified atom stereocenters. The van der Waals surface area contributed by atoms with Crippen molar-refractivity contribution in [2.45, 2.75) is 6.54 Å². The molecule has 0 saturated carbocycles. The Bertz CT molecular complexity index is 577. The number of benzene rings is 2. The normalized spacial score (nSPS) is 10.4. The molecular weight excluding hydrogens is 274 g/mol. The highest BCUT2D eigenvalue weighted by Gasteiger charge is 2.08. The molecule has 4 heteroatoms. The highest BCUT2D eigenvalue weighted by molar-refractivity contribution is 6.33. The van der Waals surface area contributed by atoms with Crippen LogP contribution in [0, 0.1) is 0 Å². The molecule has 2 rings (SSSR count). The van der Waals surface area contributed by atoms with Gasteiger partial charge in [0.2, 0.25) is 0 Å². The zero-order chi connectivity index (χ0) is 14.5. The second kappa shape index (κ2) is 6.64. The first kappa shape index (κ1) is 14.7. The number of hydrogen-bond acceptors (Lipinski definition) is 3. The molecule has 0 heterocycles.